The first-order valence-electron chi connectivity index (χ1n) is 7.49. The fourth-order valence-electron chi connectivity index (χ4n) is 2.27. The Morgan fingerprint density at radius 3 is 2.25 bits per heavy atom. The van der Waals surface area contributed by atoms with Crippen molar-refractivity contribution in [1.82, 2.24) is 15.1 Å². The third-order valence-corrected chi connectivity index (χ3v) is 3.54. The Morgan fingerprint density at radius 2 is 1.75 bits per heavy atom. The second-order valence-corrected chi connectivity index (χ2v) is 5.32. The summed E-state index contributed by atoms with van der Waals surface area (Å²) in [7, 11) is 1.80. The summed E-state index contributed by atoms with van der Waals surface area (Å²) in [6.45, 7) is 7.57. The average Bonchev–Trinajstić information content (AvgIpc) is 2.80. The molecule has 1 aromatic carbocycles. The van der Waals surface area contributed by atoms with Crippen molar-refractivity contribution in [2.24, 2.45) is 7.05 Å². The summed E-state index contributed by atoms with van der Waals surface area (Å²) in [4.78, 5) is 23.9. The molecule has 7 nitrogen and oxygen atoms in total. The number of nitrogens with zero attached hydrogens (tertiary/aromatic N) is 2. The number of hydrogen-bond donors (Lipinski definition) is 3. The van der Waals surface area contributed by atoms with Crippen LogP contribution in [0.2, 0.25) is 0 Å². The SMILES string of the molecule is C=CCNC(=O)Nc1ccc(NC(=O)c2c(C)nn(C)c2C)cc1. The van der Waals surface area contributed by atoms with E-state index in [1.54, 1.807) is 49.0 Å². The minimum atomic E-state index is -0.312. The number of aryl methyl sites for hydroxylation is 2. The van der Waals surface area contributed by atoms with Gasteiger partial charge >= 0.3 is 6.03 Å². The average molecular weight is 327 g/mol. The highest BCUT2D eigenvalue weighted by atomic mass is 16.2. The number of benzene rings is 1. The van der Waals surface area contributed by atoms with Gasteiger partial charge in [0, 0.05) is 30.7 Å². The molecule has 3 N–H and O–H groups in total. The summed E-state index contributed by atoms with van der Waals surface area (Å²) in [5, 5.41) is 12.4. The van der Waals surface area contributed by atoms with E-state index in [2.05, 4.69) is 27.6 Å². The number of urea groups is 1. The summed E-state index contributed by atoms with van der Waals surface area (Å²) >= 11 is 0. The van der Waals surface area contributed by atoms with Crippen LogP contribution in [-0.4, -0.2) is 28.3 Å². The molecule has 0 bridgehead atoms. The Balaban J connectivity index is 2.02. The molecule has 0 aliphatic rings. The zero-order chi connectivity index (χ0) is 17.7. The van der Waals surface area contributed by atoms with Crippen molar-refractivity contribution < 1.29 is 9.59 Å². The normalized spacial score (nSPS) is 10.1. The molecule has 7 heteroatoms. The number of anilines is 2. The third kappa shape index (κ3) is 4.01. The maximum absolute atomic E-state index is 12.4. The van der Waals surface area contributed by atoms with E-state index in [-0.39, 0.29) is 11.9 Å². The Kier molecular flexibility index (Phi) is 5.36. The number of carbonyl (C=O) groups excluding carboxylic acids is 2. The summed E-state index contributed by atoms with van der Waals surface area (Å²) in [6, 6.07) is 6.57. The topological polar surface area (TPSA) is 88.1 Å². The molecular weight excluding hydrogens is 306 g/mol. The fourth-order valence-corrected chi connectivity index (χ4v) is 2.27. The van der Waals surface area contributed by atoms with Gasteiger partial charge in [-0.3, -0.25) is 9.48 Å². The molecule has 1 heterocycles. The maximum atomic E-state index is 12.4. The monoisotopic (exact) mass is 327 g/mol. The first kappa shape index (κ1) is 17.3. The molecule has 24 heavy (non-hydrogen) atoms. The Bertz CT molecular complexity index is 762. The van der Waals surface area contributed by atoms with E-state index >= 15 is 0 Å². The van der Waals surface area contributed by atoms with Crippen LogP contribution in [0.1, 0.15) is 21.7 Å². The summed E-state index contributed by atoms with van der Waals surface area (Å²) in [6.07, 6.45) is 1.60. The van der Waals surface area contributed by atoms with Crippen LogP contribution >= 0.6 is 0 Å². The second-order valence-electron chi connectivity index (χ2n) is 5.32. The van der Waals surface area contributed by atoms with Crippen molar-refractivity contribution >= 4 is 23.3 Å². The first-order chi connectivity index (χ1) is 11.4. The van der Waals surface area contributed by atoms with E-state index in [4.69, 9.17) is 0 Å². The smallest absolute Gasteiger partial charge is 0.319 e. The quantitative estimate of drug-likeness (QED) is 0.738. The molecule has 0 radical (unpaired) electrons. The Labute approximate surface area is 140 Å². The largest absolute Gasteiger partial charge is 0.334 e. The number of aromatic nitrogens is 2. The molecule has 1 aromatic heterocycles. The van der Waals surface area contributed by atoms with Crippen LogP contribution < -0.4 is 16.0 Å². The number of carbonyl (C=O) groups is 2. The van der Waals surface area contributed by atoms with Crippen LogP contribution in [0, 0.1) is 13.8 Å². The molecule has 0 spiro atoms. The van der Waals surface area contributed by atoms with Gasteiger partial charge in [0.25, 0.3) is 5.91 Å². The van der Waals surface area contributed by atoms with Crippen LogP contribution in [-0.2, 0) is 7.05 Å². The molecule has 2 rings (SSSR count). The van der Waals surface area contributed by atoms with Gasteiger partial charge < -0.3 is 16.0 Å². The minimum absolute atomic E-state index is 0.206. The summed E-state index contributed by atoms with van der Waals surface area (Å²) in [5.41, 5.74) is 3.33. The van der Waals surface area contributed by atoms with E-state index in [9.17, 15) is 9.59 Å². The van der Waals surface area contributed by atoms with Gasteiger partial charge in [-0.2, -0.15) is 5.10 Å². The van der Waals surface area contributed by atoms with E-state index < -0.39 is 0 Å². The fraction of sp³-hybridized carbons (Fsp3) is 0.235. The molecule has 0 fully saturated rings. The first-order valence-corrected chi connectivity index (χ1v) is 7.49. The third-order valence-electron chi connectivity index (χ3n) is 3.54. The number of nitrogens with one attached hydrogen (secondary N) is 3. The number of rotatable bonds is 5. The van der Waals surface area contributed by atoms with Crippen molar-refractivity contribution in [3.05, 3.63) is 53.9 Å². The van der Waals surface area contributed by atoms with Crippen LogP contribution in [0.5, 0.6) is 0 Å². The van der Waals surface area contributed by atoms with E-state index in [1.165, 1.54) is 0 Å². The van der Waals surface area contributed by atoms with Gasteiger partial charge in [-0.15, -0.1) is 6.58 Å². The van der Waals surface area contributed by atoms with E-state index in [0.717, 1.165) is 5.69 Å². The molecule has 2 aromatic rings. The minimum Gasteiger partial charge on any atom is -0.334 e. The number of amides is 3. The molecule has 0 saturated heterocycles. The predicted octanol–water partition coefficient (Wildman–Crippen LogP) is 2.60. The van der Waals surface area contributed by atoms with Crippen LogP contribution in [0.4, 0.5) is 16.2 Å². The Morgan fingerprint density at radius 1 is 1.17 bits per heavy atom. The highest BCUT2D eigenvalue weighted by molar-refractivity contribution is 6.06. The lowest BCUT2D eigenvalue weighted by Crippen LogP contribution is -2.28. The summed E-state index contributed by atoms with van der Waals surface area (Å²) in [5.74, 6) is -0.206. The summed E-state index contributed by atoms with van der Waals surface area (Å²) < 4.78 is 1.68. The molecule has 0 aliphatic carbocycles. The lowest BCUT2D eigenvalue weighted by atomic mass is 10.2. The Hall–Kier alpha value is -3.09. The highest BCUT2D eigenvalue weighted by Crippen LogP contribution is 2.17. The van der Waals surface area contributed by atoms with Gasteiger partial charge in [0.2, 0.25) is 0 Å². The van der Waals surface area contributed by atoms with E-state index in [1.807, 2.05) is 6.92 Å². The molecule has 0 saturated carbocycles. The van der Waals surface area contributed by atoms with Gasteiger partial charge in [0.1, 0.15) is 0 Å². The van der Waals surface area contributed by atoms with E-state index in [0.29, 0.717) is 29.2 Å². The highest BCUT2D eigenvalue weighted by Gasteiger charge is 2.17. The van der Waals surface area contributed by atoms with Crippen molar-refractivity contribution in [3.8, 4) is 0 Å². The molecule has 3 amide bonds. The van der Waals surface area contributed by atoms with Crippen molar-refractivity contribution in [1.29, 1.82) is 0 Å². The molecule has 0 atom stereocenters. The maximum Gasteiger partial charge on any atom is 0.319 e. The van der Waals surface area contributed by atoms with Crippen molar-refractivity contribution in [2.75, 3.05) is 17.2 Å². The zero-order valence-electron chi connectivity index (χ0n) is 14.0. The molecule has 0 unspecified atom stereocenters. The second kappa shape index (κ2) is 7.45. The zero-order valence-corrected chi connectivity index (χ0v) is 14.0. The standard InChI is InChI=1S/C17H21N5O2/c1-5-10-18-17(24)20-14-8-6-13(7-9-14)19-16(23)15-11(2)21-22(4)12(15)3/h5-9H,1,10H2,2-4H3,(H,19,23)(H2,18,20,24). The molecule has 126 valence electrons. The lowest BCUT2D eigenvalue weighted by Gasteiger charge is -2.08. The van der Waals surface area contributed by atoms with Gasteiger partial charge in [-0.25, -0.2) is 4.79 Å². The van der Waals surface area contributed by atoms with Crippen molar-refractivity contribution in [3.63, 3.8) is 0 Å². The molecular formula is C17H21N5O2. The predicted molar refractivity (Wildman–Crippen MR) is 94.3 cm³/mol. The van der Waals surface area contributed by atoms with Gasteiger partial charge in [-0.1, -0.05) is 6.08 Å². The molecule has 0 aliphatic heterocycles. The van der Waals surface area contributed by atoms with Crippen molar-refractivity contribution in [2.45, 2.75) is 13.8 Å². The van der Waals surface area contributed by atoms with Crippen LogP contribution in [0.3, 0.4) is 0 Å². The number of hydrogen-bond acceptors (Lipinski definition) is 3. The van der Waals surface area contributed by atoms with Gasteiger partial charge in [0.05, 0.1) is 11.3 Å². The van der Waals surface area contributed by atoms with Gasteiger partial charge in [-0.05, 0) is 38.1 Å². The van der Waals surface area contributed by atoms with Gasteiger partial charge in [0.15, 0.2) is 0 Å². The van der Waals surface area contributed by atoms with Crippen LogP contribution in [0.25, 0.3) is 0 Å². The van der Waals surface area contributed by atoms with Crippen LogP contribution in [0.15, 0.2) is 36.9 Å². The lowest BCUT2D eigenvalue weighted by molar-refractivity contribution is 0.102.